The molecule has 6 rings (SSSR count). The molecule has 7 nitrogen and oxygen atoms in total. The molecule has 1 amide bonds. The molecule has 4 aromatic rings. The Morgan fingerprint density at radius 1 is 1.25 bits per heavy atom. The predicted molar refractivity (Wildman–Crippen MR) is 134 cm³/mol. The lowest BCUT2D eigenvalue weighted by Crippen LogP contribution is -2.36. The van der Waals surface area contributed by atoms with Crippen LogP contribution in [-0.4, -0.2) is 40.2 Å². The van der Waals surface area contributed by atoms with Crippen molar-refractivity contribution in [2.75, 3.05) is 13.7 Å². The quantitative estimate of drug-likeness (QED) is 0.421. The number of hydrogen-bond donors (Lipinski definition) is 1. The molecule has 4 bridgehead atoms. The average Bonchev–Trinajstić information content (AvgIpc) is 3.25. The molecule has 4 heterocycles. The molecule has 182 valence electrons. The molecule has 0 aliphatic carbocycles. The summed E-state index contributed by atoms with van der Waals surface area (Å²) in [5, 5.41) is 3.88. The Labute approximate surface area is 207 Å². The molecule has 36 heavy (non-hydrogen) atoms. The van der Waals surface area contributed by atoms with E-state index in [4.69, 9.17) is 14.5 Å². The molecule has 1 N–H and O–H groups in total. The Kier molecular flexibility index (Phi) is 5.44. The monoisotopic (exact) mass is 484 g/mol. The number of benzene rings is 2. The zero-order valence-electron chi connectivity index (χ0n) is 20.0. The highest BCUT2D eigenvalue weighted by molar-refractivity contribution is 5.98. The lowest BCUT2D eigenvalue weighted by atomic mass is 9.95. The third-order valence-corrected chi connectivity index (χ3v) is 6.79. The van der Waals surface area contributed by atoms with Crippen molar-refractivity contribution in [2.45, 2.75) is 31.9 Å². The minimum absolute atomic E-state index is 0.00301. The molecule has 0 saturated carbocycles. The van der Waals surface area contributed by atoms with E-state index in [0.29, 0.717) is 30.0 Å². The van der Waals surface area contributed by atoms with Crippen molar-refractivity contribution in [1.29, 1.82) is 0 Å². The number of ether oxygens (including phenoxy) is 2. The molecule has 0 radical (unpaired) electrons. The summed E-state index contributed by atoms with van der Waals surface area (Å²) in [6.45, 7) is 2.70. The molecule has 8 heteroatoms. The average molecular weight is 485 g/mol. The van der Waals surface area contributed by atoms with Gasteiger partial charge < -0.3 is 19.4 Å². The first-order chi connectivity index (χ1) is 17.5. The second-order valence-electron chi connectivity index (χ2n) is 9.12. The standard InChI is InChI=1S/C28H25FN4O3/c1-16-5-3-6-17-14-31-28(34)25-24(17)32-27(33(25)15-18-7-4-8-22(29)26(18)35-2)20-11-12-30-23-10-9-19(36-16)13-21(20)23/h3-5,7-13,16-17H,6,14-15H2,1-2H3,(H,31,34)/b5-3-/t16-,17+/m0/s1. The van der Waals surface area contributed by atoms with Crippen molar-refractivity contribution in [3.8, 4) is 22.9 Å². The Hall–Kier alpha value is -4.20. The second kappa shape index (κ2) is 8.78. The van der Waals surface area contributed by atoms with Crippen LogP contribution in [0, 0.1) is 5.82 Å². The number of halogens is 1. The maximum Gasteiger partial charge on any atom is 0.269 e. The van der Waals surface area contributed by atoms with E-state index in [2.05, 4.69) is 16.4 Å². The summed E-state index contributed by atoms with van der Waals surface area (Å²) in [4.78, 5) is 22.8. The van der Waals surface area contributed by atoms with Crippen LogP contribution in [0.1, 0.15) is 41.0 Å². The third-order valence-electron chi connectivity index (χ3n) is 6.79. The first kappa shape index (κ1) is 22.3. The first-order valence-electron chi connectivity index (χ1n) is 12.0. The fourth-order valence-electron chi connectivity index (χ4n) is 5.10. The highest BCUT2D eigenvalue weighted by Crippen LogP contribution is 2.37. The predicted octanol–water partition coefficient (Wildman–Crippen LogP) is 4.85. The van der Waals surface area contributed by atoms with Gasteiger partial charge in [0.25, 0.3) is 5.91 Å². The van der Waals surface area contributed by atoms with Gasteiger partial charge in [0.2, 0.25) is 0 Å². The second-order valence-corrected chi connectivity index (χ2v) is 9.12. The van der Waals surface area contributed by atoms with Crippen molar-refractivity contribution in [1.82, 2.24) is 19.9 Å². The summed E-state index contributed by atoms with van der Waals surface area (Å²) in [6, 6.07) is 12.5. The number of aromatic nitrogens is 3. The molecule has 2 aromatic carbocycles. The van der Waals surface area contributed by atoms with Crippen molar-refractivity contribution < 1.29 is 18.7 Å². The van der Waals surface area contributed by atoms with Crippen LogP contribution in [-0.2, 0) is 6.54 Å². The van der Waals surface area contributed by atoms with E-state index < -0.39 is 5.82 Å². The van der Waals surface area contributed by atoms with Crippen LogP contribution in [0.2, 0.25) is 0 Å². The van der Waals surface area contributed by atoms with Crippen LogP contribution in [0.4, 0.5) is 4.39 Å². The Balaban J connectivity index is 1.64. The maximum atomic E-state index is 14.6. The van der Waals surface area contributed by atoms with Crippen LogP contribution in [0.25, 0.3) is 22.3 Å². The molecule has 2 aromatic heterocycles. The van der Waals surface area contributed by atoms with Gasteiger partial charge in [-0.15, -0.1) is 0 Å². The molecule has 0 fully saturated rings. The number of pyridine rings is 1. The summed E-state index contributed by atoms with van der Waals surface area (Å²) in [5.41, 5.74) is 3.45. The molecule has 0 unspecified atom stereocenters. The van der Waals surface area contributed by atoms with E-state index in [1.807, 2.05) is 41.8 Å². The normalized spacial score (nSPS) is 19.6. The SMILES string of the molecule is COc1c(F)cccc1Cn1c2nc3c1C(=O)NC[C@H]3C/C=C\[C@H](C)Oc1ccc3nccc-2c3c1. The van der Waals surface area contributed by atoms with Crippen molar-refractivity contribution in [3.05, 3.63) is 83.6 Å². The number of nitrogens with one attached hydrogen (secondary N) is 1. The molecular weight excluding hydrogens is 459 g/mol. The fourth-order valence-corrected chi connectivity index (χ4v) is 5.10. The number of rotatable bonds is 3. The van der Waals surface area contributed by atoms with Gasteiger partial charge in [0, 0.05) is 35.2 Å². The number of imidazole rings is 1. The molecule has 2 aliphatic heterocycles. The smallest absolute Gasteiger partial charge is 0.269 e. The first-order valence-corrected chi connectivity index (χ1v) is 12.0. The highest BCUT2D eigenvalue weighted by atomic mass is 19.1. The van der Waals surface area contributed by atoms with Gasteiger partial charge in [0.15, 0.2) is 11.6 Å². The van der Waals surface area contributed by atoms with Gasteiger partial charge in [-0.05, 0) is 49.8 Å². The number of carbonyl (C=O) groups is 1. The van der Waals surface area contributed by atoms with Crippen molar-refractivity contribution >= 4 is 16.8 Å². The van der Waals surface area contributed by atoms with Crippen LogP contribution in [0.15, 0.2) is 60.8 Å². The number of carbonyl (C=O) groups excluding carboxylic acids is 1. The Bertz CT molecular complexity index is 1530. The van der Waals surface area contributed by atoms with E-state index in [-0.39, 0.29) is 30.2 Å². The van der Waals surface area contributed by atoms with Gasteiger partial charge in [0.05, 0.1) is 24.9 Å². The summed E-state index contributed by atoms with van der Waals surface area (Å²) >= 11 is 0. The number of nitrogens with zero attached hydrogens (tertiary/aromatic N) is 3. The largest absolute Gasteiger partial charge is 0.493 e. The highest BCUT2D eigenvalue weighted by Gasteiger charge is 2.33. The Morgan fingerprint density at radius 3 is 3.00 bits per heavy atom. The molecule has 0 spiro atoms. The van der Waals surface area contributed by atoms with Gasteiger partial charge in [-0.3, -0.25) is 9.78 Å². The van der Waals surface area contributed by atoms with E-state index in [0.717, 1.165) is 27.9 Å². The summed E-state index contributed by atoms with van der Waals surface area (Å²) < 4.78 is 27.9. The van der Waals surface area contributed by atoms with Gasteiger partial charge >= 0.3 is 0 Å². The van der Waals surface area contributed by atoms with E-state index in [1.165, 1.54) is 13.2 Å². The number of hydrogen-bond acceptors (Lipinski definition) is 5. The minimum Gasteiger partial charge on any atom is -0.493 e. The summed E-state index contributed by atoms with van der Waals surface area (Å²) in [6.07, 6.45) is 6.42. The van der Waals surface area contributed by atoms with Crippen LogP contribution in [0.3, 0.4) is 0 Å². The lowest BCUT2D eigenvalue weighted by molar-refractivity contribution is 0.0930. The molecule has 2 aliphatic rings. The zero-order valence-corrected chi connectivity index (χ0v) is 20.0. The van der Waals surface area contributed by atoms with Crippen LogP contribution >= 0.6 is 0 Å². The number of methoxy groups -OCH3 is 1. The molecule has 0 saturated heterocycles. The van der Waals surface area contributed by atoms with Crippen LogP contribution in [0.5, 0.6) is 11.5 Å². The topological polar surface area (TPSA) is 78.3 Å². The molecular formula is C28H25FN4O3. The number of amides is 1. The van der Waals surface area contributed by atoms with E-state index >= 15 is 0 Å². The zero-order chi connectivity index (χ0) is 24.8. The maximum absolute atomic E-state index is 14.6. The number of fused-ring (bicyclic) bond motifs is 3. The van der Waals surface area contributed by atoms with Crippen molar-refractivity contribution in [3.63, 3.8) is 0 Å². The molecule has 2 atom stereocenters. The van der Waals surface area contributed by atoms with Gasteiger partial charge in [-0.25, -0.2) is 9.37 Å². The van der Waals surface area contributed by atoms with E-state index in [9.17, 15) is 9.18 Å². The number of allylic oxidation sites excluding steroid dienone is 1. The minimum atomic E-state index is -0.453. The van der Waals surface area contributed by atoms with Gasteiger partial charge in [-0.2, -0.15) is 0 Å². The summed E-state index contributed by atoms with van der Waals surface area (Å²) in [7, 11) is 1.44. The van der Waals surface area contributed by atoms with Gasteiger partial charge in [0.1, 0.15) is 23.4 Å². The van der Waals surface area contributed by atoms with Gasteiger partial charge in [-0.1, -0.05) is 18.2 Å². The Morgan fingerprint density at radius 2 is 2.14 bits per heavy atom. The van der Waals surface area contributed by atoms with Crippen LogP contribution < -0.4 is 14.8 Å². The van der Waals surface area contributed by atoms with E-state index in [1.54, 1.807) is 18.3 Å². The fraction of sp³-hybridized carbons (Fsp3) is 0.250. The third kappa shape index (κ3) is 3.69. The number of para-hydroxylation sites is 1. The lowest BCUT2D eigenvalue weighted by Gasteiger charge is -2.23. The summed E-state index contributed by atoms with van der Waals surface area (Å²) in [5.74, 6) is 0.846. The van der Waals surface area contributed by atoms with Crippen molar-refractivity contribution in [2.24, 2.45) is 0 Å².